The number of hydrogen-bond donors (Lipinski definition) is 2. The average Bonchev–Trinajstić information content (AvgIpc) is 3.27. The summed E-state index contributed by atoms with van der Waals surface area (Å²) in [5.74, 6) is 1.40. The largest absolute Gasteiger partial charge is 0.434 e. The number of nitrogens with one attached hydrogen (secondary N) is 1. The molecule has 0 radical (unpaired) electrons. The predicted octanol–water partition coefficient (Wildman–Crippen LogP) is 2.36. The number of nitrogens with zero attached hydrogens (tertiary/aromatic N) is 6. The van der Waals surface area contributed by atoms with Crippen molar-refractivity contribution in [1.82, 2.24) is 24.3 Å². The van der Waals surface area contributed by atoms with Gasteiger partial charge in [0.15, 0.2) is 17.2 Å². The van der Waals surface area contributed by atoms with E-state index in [1.807, 2.05) is 0 Å². The van der Waals surface area contributed by atoms with Crippen molar-refractivity contribution in [3.8, 4) is 11.5 Å². The van der Waals surface area contributed by atoms with Gasteiger partial charge in [-0.15, -0.1) is 0 Å². The molecule has 11 heteroatoms. The second kappa shape index (κ2) is 6.73. The molecular weight excluding hydrogens is 373 g/mol. The molecule has 1 saturated heterocycles. The van der Waals surface area contributed by atoms with Crippen LogP contribution in [0.3, 0.4) is 0 Å². The summed E-state index contributed by atoms with van der Waals surface area (Å²) in [4.78, 5) is 18.3. The third-order valence-corrected chi connectivity index (χ3v) is 4.67. The molecule has 146 valence electrons. The first-order chi connectivity index (χ1) is 13.3. The fourth-order valence-electron chi connectivity index (χ4n) is 3.37. The minimum Gasteiger partial charge on any atom is -0.388 e. The third-order valence-electron chi connectivity index (χ3n) is 4.67. The average molecular weight is 390 g/mol. The van der Waals surface area contributed by atoms with E-state index in [1.165, 1.54) is 10.6 Å². The topological polar surface area (TPSA) is 109 Å². The molecule has 8 nitrogen and oxygen atoms in total. The molecule has 0 spiro atoms. The summed E-state index contributed by atoms with van der Waals surface area (Å²) >= 11 is 0. The van der Waals surface area contributed by atoms with Gasteiger partial charge in [0, 0.05) is 31.9 Å². The molecule has 0 saturated carbocycles. The monoisotopic (exact) mass is 390 g/mol. The van der Waals surface area contributed by atoms with Crippen molar-refractivity contribution in [2.45, 2.75) is 19.0 Å². The molecule has 3 aromatic rings. The van der Waals surface area contributed by atoms with Crippen LogP contribution in [0.1, 0.15) is 18.5 Å². The molecule has 1 aliphatic heterocycles. The summed E-state index contributed by atoms with van der Waals surface area (Å²) < 4.78 is 40.3. The number of amidine groups is 1. The van der Waals surface area contributed by atoms with Gasteiger partial charge in [-0.25, -0.2) is 19.9 Å². The Morgan fingerprint density at radius 2 is 2.07 bits per heavy atom. The van der Waals surface area contributed by atoms with Gasteiger partial charge in [0.1, 0.15) is 11.5 Å². The standard InChI is InChI=1S/C17H17F3N8/c18-17(19,20)12-9-28-11(6-25-15(28)7-24-12)16-23-3-1-14(26-16)27-4-2-10(8-27)5-13(21)22/h1,3,6-7,9-10H,2,4-5,8H2,(H3,21,22). The van der Waals surface area contributed by atoms with Gasteiger partial charge in [0.2, 0.25) is 0 Å². The second-order valence-corrected chi connectivity index (χ2v) is 6.71. The van der Waals surface area contributed by atoms with E-state index >= 15 is 0 Å². The van der Waals surface area contributed by atoms with Crippen molar-refractivity contribution in [3.63, 3.8) is 0 Å². The van der Waals surface area contributed by atoms with Crippen LogP contribution in [0.5, 0.6) is 0 Å². The van der Waals surface area contributed by atoms with Crippen LogP contribution in [0, 0.1) is 11.3 Å². The van der Waals surface area contributed by atoms with Gasteiger partial charge in [-0.2, -0.15) is 13.2 Å². The fraction of sp³-hybridized carbons (Fsp3) is 0.353. The van der Waals surface area contributed by atoms with Crippen molar-refractivity contribution >= 4 is 17.3 Å². The number of hydrogen-bond acceptors (Lipinski definition) is 6. The lowest BCUT2D eigenvalue weighted by Gasteiger charge is -2.17. The van der Waals surface area contributed by atoms with Gasteiger partial charge < -0.3 is 10.6 Å². The quantitative estimate of drug-likeness (QED) is 0.523. The first-order valence-electron chi connectivity index (χ1n) is 8.63. The van der Waals surface area contributed by atoms with Gasteiger partial charge in [-0.05, 0) is 18.4 Å². The maximum Gasteiger partial charge on any atom is 0.434 e. The zero-order valence-corrected chi connectivity index (χ0v) is 14.7. The summed E-state index contributed by atoms with van der Waals surface area (Å²) in [7, 11) is 0. The Labute approximate surface area is 157 Å². The van der Waals surface area contributed by atoms with E-state index < -0.39 is 11.9 Å². The molecule has 0 amide bonds. The van der Waals surface area contributed by atoms with Gasteiger partial charge in [-0.3, -0.25) is 9.81 Å². The van der Waals surface area contributed by atoms with Gasteiger partial charge >= 0.3 is 6.18 Å². The molecule has 1 aliphatic rings. The van der Waals surface area contributed by atoms with E-state index in [4.69, 9.17) is 11.1 Å². The molecular formula is C17H17F3N8. The van der Waals surface area contributed by atoms with Gasteiger partial charge in [-0.1, -0.05) is 0 Å². The molecule has 1 atom stereocenters. The number of alkyl halides is 3. The number of halogens is 3. The van der Waals surface area contributed by atoms with E-state index in [0.717, 1.165) is 25.4 Å². The number of aromatic nitrogens is 5. The minimum absolute atomic E-state index is 0.162. The highest BCUT2D eigenvalue weighted by Crippen LogP contribution is 2.29. The van der Waals surface area contributed by atoms with Crippen molar-refractivity contribution in [1.29, 1.82) is 5.41 Å². The highest BCUT2D eigenvalue weighted by Gasteiger charge is 2.33. The van der Waals surface area contributed by atoms with Crippen LogP contribution in [0.25, 0.3) is 17.2 Å². The molecule has 3 N–H and O–H groups in total. The van der Waals surface area contributed by atoms with Gasteiger partial charge in [0.25, 0.3) is 0 Å². The van der Waals surface area contributed by atoms with Crippen molar-refractivity contribution in [3.05, 3.63) is 36.5 Å². The van der Waals surface area contributed by atoms with Crippen LogP contribution in [-0.4, -0.2) is 43.3 Å². The molecule has 0 aromatic carbocycles. The van der Waals surface area contributed by atoms with Crippen molar-refractivity contribution in [2.24, 2.45) is 11.7 Å². The van der Waals surface area contributed by atoms with Crippen LogP contribution >= 0.6 is 0 Å². The minimum atomic E-state index is -4.56. The molecule has 1 fully saturated rings. The van der Waals surface area contributed by atoms with E-state index in [9.17, 15) is 13.2 Å². The lowest BCUT2D eigenvalue weighted by atomic mass is 10.0. The lowest BCUT2D eigenvalue weighted by molar-refractivity contribution is -0.141. The molecule has 0 aliphatic carbocycles. The van der Waals surface area contributed by atoms with E-state index in [1.54, 1.807) is 12.3 Å². The van der Waals surface area contributed by atoms with E-state index in [2.05, 4.69) is 24.8 Å². The zero-order valence-electron chi connectivity index (χ0n) is 14.7. The third kappa shape index (κ3) is 3.47. The SMILES string of the molecule is N=C(N)CC1CCN(c2ccnc(-c3cnc4cnc(C(F)(F)F)cn34)n2)C1. The molecule has 4 rings (SSSR count). The summed E-state index contributed by atoms with van der Waals surface area (Å²) in [6.07, 6.45) is 1.85. The van der Waals surface area contributed by atoms with Crippen LogP contribution in [0.4, 0.5) is 19.0 Å². The number of rotatable bonds is 4. The van der Waals surface area contributed by atoms with Crippen LogP contribution in [0.2, 0.25) is 0 Å². The maximum atomic E-state index is 13.0. The number of imidazole rings is 1. The molecule has 0 bridgehead atoms. The summed E-state index contributed by atoms with van der Waals surface area (Å²) in [6, 6.07) is 1.76. The second-order valence-electron chi connectivity index (χ2n) is 6.71. The van der Waals surface area contributed by atoms with Crippen LogP contribution < -0.4 is 10.6 Å². The summed E-state index contributed by atoms with van der Waals surface area (Å²) in [5.41, 5.74) is 5.10. The Kier molecular flexibility index (Phi) is 4.36. The zero-order chi connectivity index (χ0) is 19.9. The maximum absolute atomic E-state index is 13.0. The first kappa shape index (κ1) is 18.1. The van der Waals surface area contributed by atoms with Crippen LogP contribution in [-0.2, 0) is 6.18 Å². The Balaban J connectivity index is 1.66. The Bertz CT molecular complexity index is 1030. The Morgan fingerprint density at radius 1 is 1.25 bits per heavy atom. The number of nitrogens with two attached hydrogens (primary N) is 1. The summed E-state index contributed by atoms with van der Waals surface area (Å²) in [6.45, 7) is 1.48. The fourth-order valence-corrected chi connectivity index (χ4v) is 3.37. The molecule has 1 unspecified atom stereocenters. The normalized spacial score (nSPS) is 17.4. The number of fused-ring (bicyclic) bond motifs is 1. The van der Waals surface area contributed by atoms with Gasteiger partial charge in [0.05, 0.1) is 18.2 Å². The van der Waals surface area contributed by atoms with Crippen LogP contribution in [0.15, 0.2) is 30.9 Å². The Morgan fingerprint density at radius 3 is 2.82 bits per heavy atom. The van der Waals surface area contributed by atoms with E-state index in [-0.39, 0.29) is 23.2 Å². The Hall–Kier alpha value is -3.24. The first-order valence-corrected chi connectivity index (χ1v) is 8.63. The molecule has 28 heavy (non-hydrogen) atoms. The van der Waals surface area contributed by atoms with E-state index in [0.29, 0.717) is 24.5 Å². The lowest BCUT2D eigenvalue weighted by Crippen LogP contribution is -2.23. The smallest absolute Gasteiger partial charge is 0.388 e. The number of anilines is 1. The van der Waals surface area contributed by atoms with Crippen molar-refractivity contribution in [2.75, 3.05) is 18.0 Å². The van der Waals surface area contributed by atoms with Crippen molar-refractivity contribution < 1.29 is 13.2 Å². The molecule has 4 heterocycles. The highest BCUT2D eigenvalue weighted by atomic mass is 19.4. The molecule has 3 aromatic heterocycles. The highest BCUT2D eigenvalue weighted by molar-refractivity contribution is 5.77. The summed E-state index contributed by atoms with van der Waals surface area (Å²) in [5, 5.41) is 7.43. The predicted molar refractivity (Wildman–Crippen MR) is 95.9 cm³/mol.